The van der Waals surface area contributed by atoms with Gasteiger partial charge in [-0.1, -0.05) is 34.5 Å². The van der Waals surface area contributed by atoms with Gasteiger partial charge in [0.1, 0.15) is 0 Å². The van der Waals surface area contributed by atoms with Crippen LogP contribution in [0, 0.1) is 0 Å². The quantitative estimate of drug-likeness (QED) is 0.444. The van der Waals surface area contributed by atoms with Crippen molar-refractivity contribution >= 4 is 27.6 Å². The molecule has 1 saturated carbocycles. The molecule has 1 unspecified atom stereocenters. The van der Waals surface area contributed by atoms with Crippen LogP contribution in [0.2, 0.25) is 0 Å². The molecule has 0 aromatic rings. The monoisotopic (exact) mass is 299 g/mol. The average molecular weight is 300 g/mol. The molecule has 0 saturated heterocycles. The summed E-state index contributed by atoms with van der Waals surface area (Å²) in [5.74, 6) is -0.172. The number of ketones is 1. The number of Topliss-reactive ketones (excluding diaryl/α,β-unsaturated/α-hetero) is 1. The van der Waals surface area contributed by atoms with E-state index in [0.717, 1.165) is 12.8 Å². The molecule has 0 aromatic carbocycles. The molecule has 1 rings (SSSR count). The fourth-order valence-electron chi connectivity index (χ4n) is 2.02. The van der Waals surface area contributed by atoms with E-state index in [1.807, 2.05) is 0 Å². The number of carbonyl (C=O) groups is 2. The lowest BCUT2D eigenvalue weighted by Crippen LogP contribution is -2.51. The number of hydrogen-bond acceptors (Lipinski definition) is 2. The summed E-state index contributed by atoms with van der Waals surface area (Å²) in [7, 11) is 0. The van der Waals surface area contributed by atoms with Crippen molar-refractivity contribution in [3.8, 4) is 0 Å². The van der Waals surface area contributed by atoms with E-state index < -0.39 is 4.32 Å². The molecule has 0 heterocycles. The van der Waals surface area contributed by atoms with Crippen molar-refractivity contribution in [1.29, 1.82) is 0 Å². The number of amides is 1. The second-order valence-corrected chi connectivity index (χ2v) is 5.57. The predicted octanol–water partition coefficient (Wildman–Crippen LogP) is 2.46. The summed E-state index contributed by atoms with van der Waals surface area (Å²) in [6.45, 7) is 8.12. The predicted molar refractivity (Wildman–Crippen MR) is 72.1 cm³/mol. The molecule has 1 aliphatic rings. The second-order valence-electron chi connectivity index (χ2n) is 4.22. The van der Waals surface area contributed by atoms with Crippen LogP contribution in [0.1, 0.15) is 25.7 Å². The van der Waals surface area contributed by atoms with Crippen LogP contribution in [0.4, 0.5) is 0 Å². The fraction of sp³-hybridized carbons (Fsp3) is 0.538. The van der Waals surface area contributed by atoms with Crippen molar-refractivity contribution in [3.63, 3.8) is 0 Å². The first-order chi connectivity index (χ1) is 8.06. The largest absolute Gasteiger partial charge is 0.334 e. The van der Waals surface area contributed by atoms with Crippen LogP contribution in [0.25, 0.3) is 0 Å². The Morgan fingerprint density at radius 3 is 2.41 bits per heavy atom. The van der Waals surface area contributed by atoms with Crippen LogP contribution >= 0.6 is 15.9 Å². The third kappa shape index (κ3) is 3.06. The molecule has 1 fully saturated rings. The molecule has 0 aromatic heterocycles. The van der Waals surface area contributed by atoms with Crippen LogP contribution in [0.5, 0.6) is 0 Å². The van der Waals surface area contributed by atoms with Gasteiger partial charge in [-0.15, -0.1) is 13.2 Å². The van der Waals surface area contributed by atoms with Gasteiger partial charge in [-0.25, -0.2) is 0 Å². The summed E-state index contributed by atoms with van der Waals surface area (Å²) < 4.78 is -1.02. The summed E-state index contributed by atoms with van der Waals surface area (Å²) in [4.78, 5) is 25.9. The standard InChI is InChI=1S/C13H18BrNO2/c1-3-9-15(10-4-2)12(17)13(14)8-6-5-7-11(13)16/h3-4H,1-2,5-10H2. The van der Waals surface area contributed by atoms with Gasteiger partial charge in [0.2, 0.25) is 5.91 Å². The molecular formula is C13H18BrNO2. The van der Waals surface area contributed by atoms with Crippen molar-refractivity contribution in [1.82, 2.24) is 4.90 Å². The number of nitrogens with zero attached hydrogens (tertiary/aromatic N) is 1. The number of rotatable bonds is 5. The Balaban J connectivity index is 2.86. The van der Waals surface area contributed by atoms with Crippen molar-refractivity contribution in [3.05, 3.63) is 25.3 Å². The molecule has 94 valence electrons. The number of halogens is 1. The highest BCUT2D eigenvalue weighted by atomic mass is 79.9. The number of alkyl halides is 1. The highest BCUT2D eigenvalue weighted by molar-refractivity contribution is 9.10. The topological polar surface area (TPSA) is 37.4 Å². The van der Waals surface area contributed by atoms with Crippen molar-refractivity contribution in [2.75, 3.05) is 13.1 Å². The third-order valence-electron chi connectivity index (χ3n) is 2.94. The Morgan fingerprint density at radius 1 is 1.35 bits per heavy atom. The van der Waals surface area contributed by atoms with E-state index in [9.17, 15) is 9.59 Å². The van der Waals surface area contributed by atoms with E-state index in [-0.39, 0.29) is 11.7 Å². The minimum atomic E-state index is -1.02. The van der Waals surface area contributed by atoms with Gasteiger partial charge >= 0.3 is 0 Å². The van der Waals surface area contributed by atoms with Crippen molar-refractivity contribution in [2.24, 2.45) is 0 Å². The third-order valence-corrected chi connectivity index (χ3v) is 4.12. The maximum Gasteiger partial charge on any atom is 0.247 e. The molecule has 4 heteroatoms. The van der Waals surface area contributed by atoms with Crippen molar-refractivity contribution < 1.29 is 9.59 Å². The molecule has 0 radical (unpaired) electrons. The van der Waals surface area contributed by atoms with Gasteiger partial charge in [0.25, 0.3) is 0 Å². The van der Waals surface area contributed by atoms with E-state index >= 15 is 0 Å². The Bertz CT molecular complexity index is 330. The zero-order valence-electron chi connectivity index (χ0n) is 9.95. The Kier molecular flexibility index (Phi) is 5.12. The van der Waals surface area contributed by atoms with Crippen molar-refractivity contribution in [2.45, 2.75) is 30.0 Å². The van der Waals surface area contributed by atoms with Gasteiger partial charge in [0.15, 0.2) is 10.1 Å². The van der Waals surface area contributed by atoms with E-state index in [1.165, 1.54) is 0 Å². The van der Waals surface area contributed by atoms with E-state index in [2.05, 4.69) is 29.1 Å². The van der Waals surface area contributed by atoms with Crippen LogP contribution in [0.3, 0.4) is 0 Å². The summed E-state index contributed by atoms with van der Waals surface area (Å²) in [6.07, 6.45) is 6.15. The van der Waals surface area contributed by atoms with Gasteiger partial charge in [0, 0.05) is 19.5 Å². The maximum atomic E-state index is 12.4. The molecule has 1 atom stereocenters. The first-order valence-corrected chi connectivity index (χ1v) is 6.59. The Labute approximate surface area is 111 Å². The summed E-state index contributed by atoms with van der Waals surface area (Å²) in [5.41, 5.74) is 0. The molecule has 0 bridgehead atoms. The number of carbonyl (C=O) groups excluding carboxylic acids is 2. The van der Waals surface area contributed by atoms with Crippen LogP contribution in [-0.4, -0.2) is 34.0 Å². The normalized spacial score (nSPS) is 24.2. The van der Waals surface area contributed by atoms with Gasteiger partial charge in [-0.05, 0) is 12.8 Å². The first kappa shape index (κ1) is 14.2. The van der Waals surface area contributed by atoms with Crippen LogP contribution < -0.4 is 0 Å². The Morgan fingerprint density at radius 2 is 1.94 bits per heavy atom. The van der Waals surface area contributed by atoms with Gasteiger partial charge in [-0.3, -0.25) is 9.59 Å². The fourth-order valence-corrected chi connectivity index (χ4v) is 2.75. The zero-order valence-corrected chi connectivity index (χ0v) is 11.5. The zero-order chi connectivity index (χ0) is 12.9. The molecule has 1 amide bonds. The highest BCUT2D eigenvalue weighted by Crippen LogP contribution is 2.34. The molecule has 0 N–H and O–H groups in total. The van der Waals surface area contributed by atoms with Gasteiger partial charge in [-0.2, -0.15) is 0 Å². The first-order valence-electron chi connectivity index (χ1n) is 5.79. The van der Waals surface area contributed by atoms with E-state index in [1.54, 1.807) is 17.1 Å². The Hall–Kier alpha value is -0.900. The molecule has 1 aliphatic carbocycles. The maximum absolute atomic E-state index is 12.4. The molecular weight excluding hydrogens is 282 g/mol. The molecule has 17 heavy (non-hydrogen) atoms. The lowest BCUT2D eigenvalue weighted by atomic mass is 9.86. The smallest absolute Gasteiger partial charge is 0.247 e. The molecule has 3 nitrogen and oxygen atoms in total. The number of hydrogen-bond donors (Lipinski definition) is 0. The summed E-state index contributed by atoms with van der Waals surface area (Å²) in [6, 6.07) is 0. The summed E-state index contributed by atoms with van der Waals surface area (Å²) >= 11 is 3.36. The van der Waals surface area contributed by atoms with Gasteiger partial charge in [0.05, 0.1) is 0 Å². The minimum Gasteiger partial charge on any atom is -0.334 e. The van der Waals surface area contributed by atoms with E-state index in [0.29, 0.717) is 25.9 Å². The SMILES string of the molecule is C=CCN(CC=C)C(=O)C1(Br)CCCCC1=O. The average Bonchev–Trinajstić information content (AvgIpc) is 2.32. The van der Waals surface area contributed by atoms with Crippen LogP contribution in [-0.2, 0) is 9.59 Å². The minimum absolute atomic E-state index is 0.00752. The lowest BCUT2D eigenvalue weighted by molar-refractivity contribution is -0.139. The van der Waals surface area contributed by atoms with Gasteiger partial charge < -0.3 is 4.90 Å². The highest BCUT2D eigenvalue weighted by Gasteiger charge is 2.45. The molecule has 0 spiro atoms. The lowest BCUT2D eigenvalue weighted by Gasteiger charge is -2.33. The summed E-state index contributed by atoms with van der Waals surface area (Å²) in [5, 5.41) is 0. The second kappa shape index (κ2) is 6.15. The molecule has 0 aliphatic heterocycles. The van der Waals surface area contributed by atoms with E-state index in [4.69, 9.17) is 0 Å². The van der Waals surface area contributed by atoms with Crippen LogP contribution in [0.15, 0.2) is 25.3 Å².